The van der Waals surface area contributed by atoms with Gasteiger partial charge in [-0.2, -0.15) is 0 Å². The number of primary amides is 1. The number of amides is 1. The molecule has 1 fully saturated rings. The third-order valence-electron chi connectivity index (χ3n) is 3.46. The van der Waals surface area contributed by atoms with Crippen molar-refractivity contribution in [1.29, 1.82) is 0 Å². The smallest absolute Gasteiger partial charge is 0.243 e. The summed E-state index contributed by atoms with van der Waals surface area (Å²) in [5, 5.41) is 3.31. The predicted molar refractivity (Wildman–Crippen MR) is 74.9 cm³/mol. The Hall–Kier alpha value is -1.17. The molecule has 0 spiro atoms. The van der Waals surface area contributed by atoms with Crippen molar-refractivity contribution in [3.63, 3.8) is 0 Å². The molecule has 1 amide bonds. The Morgan fingerprint density at radius 3 is 3.05 bits per heavy atom. The SMILES string of the molecule is NC(=O)COC(c1cccc(Cl)c1F)C1CCCNC1. The fourth-order valence-electron chi connectivity index (χ4n) is 2.53. The first-order valence-electron chi connectivity index (χ1n) is 6.64. The Balaban J connectivity index is 2.24. The van der Waals surface area contributed by atoms with E-state index >= 15 is 0 Å². The molecule has 2 unspecified atom stereocenters. The summed E-state index contributed by atoms with van der Waals surface area (Å²) >= 11 is 5.82. The number of nitrogens with one attached hydrogen (secondary N) is 1. The van der Waals surface area contributed by atoms with Gasteiger partial charge in [-0.05, 0) is 25.5 Å². The number of carbonyl (C=O) groups is 1. The lowest BCUT2D eigenvalue weighted by atomic mass is 9.89. The van der Waals surface area contributed by atoms with Crippen molar-refractivity contribution < 1.29 is 13.9 Å². The van der Waals surface area contributed by atoms with Gasteiger partial charge in [-0.1, -0.05) is 23.7 Å². The molecule has 0 radical (unpaired) electrons. The van der Waals surface area contributed by atoms with Gasteiger partial charge in [0.15, 0.2) is 0 Å². The number of nitrogens with two attached hydrogens (primary N) is 1. The molecule has 3 N–H and O–H groups in total. The normalized spacial score (nSPS) is 20.6. The molecular formula is C14H18ClFN2O2. The van der Waals surface area contributed by atoms with E-state index in [1.165, 1.54) is 6.07 Å². The maximum Gasteiger partial charge on any atom is 0.243 e. The highest BCUT2D eigenvalue weighted by molar-refractivity contribution is 6.30. The first-order chi connectivity index (χ1) is 9.59. The Labute approximate surface area is 122 Å². The van der Waals surface area contributed by atoms with Gasteiger partial charge in [0, 0.05) is 18.0 Å². The number of rotatable bonds is 5. The predicted octanol–water partition coefficient (Wildman–Crippen LogP) is 2.02. The van der Waals surface area contributed by atoms with Crippen LogP contribution < -0.4 is 11.1 Å². The van der Waals surface area contributed by atoms with Crippen molar-refractivity contribution in [3.8, 4) is 0 Å². The average molecular weight is 301 g/mol. The van der Waals surface area contributed by atoms with E-state index in [0.29, 0.717) is 5.56 Å². The topological polar surface area (TPSA) is 64.4 Å². The highest BCUT2D eigenvalue weighted by Crippen LogP contribution is 2.34. The average Bonchev–Trinajstić information content (AvgIpc) is 2.44. The second-order valence-corrected chi connectivity index (χ2v) is 5.35. The minimum atomic E-state index is -0.568. The van der Waals surface area contributed by atoms with E-state index in [-0.39, 0.29) is 17.5 Å². The van der Waals surface area contributed by atoms with Crippen LogP contribution >= 0.6 is 11.6 Å². The summed E-state index contributed by atoms with van der Waals surface area (Å²) in [6, 6.07) is 4.81. The van der Waals surface area contributed by atoms with Gasteiger partial charge < -0.3 is 15.8 Å². The minimum Gasteiger partial charge on any atom is -0.368 e. The number of hydrogen-bond donors (Lipinski definition) is 2. The first-order valence-corrected chi connectivity index (χ1v) is 7.02. The van der Waals surface area contributed by atoms with Crippen LogP contribution in [-0.4, -0.2) is 25.6 Å². The molecular weight excluding hydrogens is 283 g/mol. The minimum absolute atomic E-state index is 0.0546. The van der Waals surface area contributed by atoms with Crippen LogP contribution in [0.2, 0.25) is 5.02 Å². The van der Waals surface area contributed by atoms with Gasteiger partial charge in [-0.15, -0.1) is 0 Å². The Kier molecular flexibility index (Phi) is 5.34. The van der Waals surface area contributed by atoms with Gasteiger partial charge in [-0.3, -0.25) is 4.79 Å². The Bertz CT molecular complexity index is 478. The fraction of sp³-hybridized carbons (Fsp3) is 0.500. The standard InChI is InChI=1S/C14H18ClFN2O2/c15-11-5-1-4-10(13(11)16)14(20-8-12(17)19)9-3-2-6-18-7-9/h1,4-5,9,14,18H,2-3,6-8H2,(H2,17,19). The molecule has 20 heavy (non-hydrogen) atoms. The summed E-state index contributed by atoms with van der Waals surface area (Å²) in [6.07, 6.45) is 1.38. The summed E-state index contributed by atoms with van der Waals surface area (Å²) in [5.74, 6) is -0.966. The Morgan fingerprint density at radius 2 is 2.40 bits per heavy atom. The van der Waals surface area contributed by atoms with Gasteiger partial charge in [0.25, 0.3) is 0 Å². The lowest BCUT2D eigenvalue weighted by Gasteiger charge is -2.31. The summed E-state index contributed by atoms with van der Waals surface area (Å²) in [6.45, 7) is 1.43. The lowest BCUT2D eigenvalue weighted by Crippen LogP contribution is -2.35. The number of carbonyl (C=O) groups excluding carboxylic acids is 1. The zero-order chi connectivity index (χ0) is 14.5. The molecule has 1 aliphatic heterocycles. The quantitative estimate of drug-likeness (QED) is 0.874. The molecule has 110 valence electrons. The number of piperidine rings is 1. The van der Waals surface area contributed by atoms with Crippen molar-refractivity contribution in [2.75, 3.05) is 19.7 Å². The largest absolute Gasteiger partial charge is 0.368 e. The summed E-state index contributed by atoms with van der Waals surface area (Å²) in [5.41, 5.74) is 5.50. The van der Waals surface area contributed by atoms with Crippen LogP contribution in [0.3, 0.4) is 0 Å². The second kappa shape index (κ2) is 7.02. The number of halogens is 2. The van der Waals surface area contributed by atoms with Crippen LogP contribution in [-0.2, 0) is 9.53 Å². The molecule has 1 saturated heterocycles. The molecule has 0 aromatic heterocycles. The van der Waals surface area contributed by atoms with Crippen molar-refractivity contribution in [1.82, 2.24) is 5.32 Å². The van der Waals surface area contributed by atoms with Crippen LogP contribution in [0.25, 0.3) is 0 Å². The molecule has 0 bridgehead atoms. The van der Waals surface area contributed by atoms with Crippen molar-refractivity contribution in [3.05, 3.63) is 34.6 Å². The summed E-state index contributed by atoms with van der Waals surface area (Å²) in [4.78, 5) is 10.9. The maximum absolute atomic E-state index is 14.2. The van der Waals surface area contributed by atoms with Gasteiger partial charge in [-0.25, -0.2) is 4.39 Å². The maximum atomic E-state index is 14.2. The van der Waals surface area contributed by atoms with Crippen molar-refractivity contribution >= 4 is 17.5 Å². The first kappa shape index (κ1) is 15.2. The molecule has 2 atom stereocenters. The van der Waals surface area contributed by atoms with Gasteiger partial charge in [0.1, 0.15) is 12.4 Å². The number of hydrogen-bond acceptors (Lipinski definition) is 3. The van der Waals surface area contributed by atoms with E-state index in [4.69, 9.17) is 22.1 Å². The summed E-state index contributed by atoms with van der Waals surface area (Å²) < 4.78 is 19.7. The molecule has 6 heteroatoms. The van der Waals surface area contributed by atoms with Crippen LogP contribution in [0.15, 0.2) is 18.2 Å². The molecule has 2 rings (SSSR count). The van der Waals surface area contributed by atoms with Crippen molar-refractivity contribution in [2.45, 2.75) is 18.9 Å². The highest BCUT2D eigenvalue weighted by Gasteiger charge is 2.29. The highest BCUT2D eigenvalue weighted by atomic mass is 35.5. The zero-order valence-electron chi connectivity index (χ0n) is 11.1. The van der Waals surface area contributed by atoms with Crippen LogP contribution in [0.1, 0.15) is 24.5 Å². The third-order valence-corrected chi connectivity index (χ3v) is 3.75. The van der Waals surface area contributed by atoms with Crippen LogP contribution in [0.4, 0.5) is 4.39 Å². The van der Waals surface area contributed by atoms with Gasteiger partial charge in [0.05, 0.1) is 11.1 Å². The molecule has 0 aliphatic carbocycles. The molecule has 1 heterocycles. The second-order valence-electron chi connectivity index (χ2n) is 4.95. The summed E-state index contributed by atoms with van der Waals surface area (Å²) in [7, 11) is 0. The van der Waals surface area contributed by atoms with E-state index in [9.17, 15) is 9.18 Å². The van der Waals surface area contributed by atoms with E-state index in [1.54, 1.807) is 12.1 Å². The fourth-order valence-corrected chi connectivity index (χ4v) is 2.71. The molecule has 0 saturated carbocycles. The van der Waals surface area contributed by atoms with E-state index in [1.807, 2.05) is 0 Å². The van der Waals surface area contributed by atoms with Gasteiger partial charge in [0.2, 0.25) is 5.91 Å². The number of ether oxygens (including phenoxy) is 1. The molecule has 1 aliphatic rings. The van der Waals surface area contributed by atoms with E-state index < -0.39 is 17.8 Å². The van der Waals surface area contributed by atoms with E-state index in [0.717, 1.165) is 25.9 Å². The van der Waals surface area contributed by atoms with Crippen LogP contribution in [0, 0.1) is 11.7 Å². The third kappa shape index (κ3) is 3.69. The van der Waals surface area contributed by atoms with Crippen molar-refractivity contribution in [2.24, 2.45) is 11.7 Å². The lowest BCUT2D eigenvalue weighted by molar-refractivity contribution is -0.126. The number of benzene rings is 1. The molecule has 1 aromatic rings. The molecule has 1 aromatic carbocycles. The van der Waals surface area contributed by atoms with Crippen LogP contribution in [0.5, 0.6) is 0 Å². The zero-order valence-corrected chi connectivity index (χ0v) is 11.8. The van der Waals surface area contributed by atoms with Gasteiger partial charge >= 0.3 is 0 Å². The monoisotopic (exact) mass is 300 g/mol. The molecule has 4 nitrogen and oxygen atoms in total. The van der Waals surface area contributed by atoms with E-state index in [2.05, 4.69) is 5.32 Å². The Morgan fingerprint density at radius 1 is 1.60 bits per heavy atom.